The van der Waals surface area contributed by atoms with Crippen LogP contribution in [0.15, 0.2) is 12.2 Å². The third-order valence-corrected chi connectivity index (χ3v) is 1.93. The maximum atomic E-state index is 10.8. The molecule has 0 saturated carbocycles. The number of allylic oxidation sites excluding steroid dienone is 2. The molecule has 0 aliphatic heterocycles. The minimum Gasteiger partial charge on any atom is -0.300 e. The first-order valence-electron chi connectivity index (χ1n) is 3.72. The van der Waals surface area contributed by atoms with Gasteiger partial charge in [0.1, 0.15) is 5.78 Å². The Bertz CT molecular complexity index is 136. The van der Waals surface area contributed by atoms with Crippen molar-refractivity contribution in [3.63, 3.8) is 0 Å². The second kappa shape index (κ2) is 4.26. The van der Waals surface area contributed by atoms with Crippen molar-refractivity contribution in [2.45, 2.75) is 27.7 Å². The predicted molar refractivity (Wildman–Crippen MR) is 43.8 cm³/mol. The van der Waals surface area contributed by atoms with Gasteiger partial charge in [-0.25, -0.2) is 0 Å². The molecule has 0 aliphatic rings. The first-order chi connectivity index (χ1) is 4.59. The summed E-state index contributed by atoms with van der Waals surface area (Å²) in [5, 5.41) is 0. The summed E-state index contributed by atoms with van der Waals surface area (Å²) >= 11 is 0. The van der Waals surface area contributed by atoms with E-state index in [1.54, 1.807) is 6.92 Å². The van der Waals surface area contributed by atoms with Crippen molar-refractivity contribution in [2.24, 2.45) is 11.8 Å². The Kier molecular flexibility index (Phi) is 4.01. The minimum absolute atomic E-state index is 0.163. The summed E-state index contributed by atoms with van der Waals surface area (Å²) in [6.45, 7) is 7.65. The third kappa shape index (κ3) is 2.81. The number of carbonyl (C=O) groups is 1. The highest BCUT2D eigenvalue weighted by atomic mass is 16.1. The van der Waals surface area contributed by atoms with Crippen LogP contribution in [0.4, 0.5) is 0 Å². The fourth-order valence-corrected chi connectivity index (χ4v) is 0.840. The topological polar surface area (TPSA) is 17.1 Å². The van der Waals surface area contributed by atoms with E-state index in [9.17, 15) is 4.79 Å². The molecule has 0 aromatic rings. The van der Waals surface area contributed by atoms with Crippen LogP contribution in [0.25, 0.3) is 0 Å². The quantitative estimate of drug-likeness (QED) is 0.550. The Balaban J connectivity index is 3.93. The van der Waals surface area contributed by atoms with Gasteiger partial charge in [0, 0.05) is 5.92 Å². The van der Waals surface area contributed by atoms with Gasteiger partial charge in [-0.2, -0.15) is 0 Å². The van der Waals surface area contributed by atoms with Crippen molar-refractivity contribution in [3.05, 3.63) is 12.2 Å². The summed E-state index contributed by atoms with van der Waals surface area (Å²) < 4.78 is 0. The van der Waals surface area contributed by atoms with Crippen LogP contribution in [0.3, 0.4) is 0 Å². The average Bonchev–Trinajstić information content (AvgIpc) is 1.87. The molecule has 0 fully saturated rings. The normalized spacial score (nSPS) is 17.2. The van der Waals surface area contributed by atoms with Gasteiger partial charge in [0.2, 0.25) is 0 Å². The molecule has 0 rings (SSSR count). The van der Waals surface area contributed by atoms with Gasteiger partial charge in [-0.15, -0.1) is 0 Å². The second-order valence-electron chi connectivity index (χ2n) is 2.78. The van der Waals surface area contributed by atoms with E-state index in [0.29, 0.717) is 5.92 Å². The average molecular weight is 140 g/mol. The number of ketones is 1. The fraction of sp³-hybridized carbons (Fsp3) is 0.667. The van der Waals surface area contributed by atoms with Crippen molar-refractivity contribution in [2.75, 3.05) is 0 Å². The van der Waals surface area contributed by atoms with E-state index in [2.05, 4.69) is 13.0 Å². The van der Waals surface area contributed by atoms with Gasteiger partial charge < -0.3 is 0 Å². The van der Waals surface area contributed by atoms with Gasteiger partial charge in [0.05, 0.1) is 0 Å². The SMILES string of the molecule is C/C=C/C(C)C(C)C(C)=O. The maximum absolute atomic E-state index is 10.8. The number of hydrogen-bond acceptors (Lipinski definition) is 1. The molecule has 0 aliphatic carbocycles. The molecule has 0 N–H and O–H groups in total. The Morgan fingerprint density at radius 1 is 1.40 bits per heavy atom. The van der Waals surface area contributed by atoms with Gasteiger partial charge in [-0.05, 0) is 19.8 Å². The van der Waals surface area contributed by atoms with E-state index < -0.39 is 0 Å². The van der Waals surface area contributed by atoms with Gasteiger partial charge in [-0.1, -0.05) is 26.0 Å². The molecule has 0 amide bonds. The Morgan fingerprint density at radius 3 is 2.20 bits per heavy atom. The summed E-state index contributed by atoms with van der Waals surface area (Å²) in [4.78, 5) is 10.8. The largest absolute Gasteiger partial charge is 0.300 e. The molecule has 0 saturated heterocycles. The van der Waals surface area contributed by atoms with Gasteiger partial charge >= 0.3 is 0 Å². The van der Waals surface area contributed by atoms with E-state index in [1.807, 2.05) is 19.9 Å². The number of rotatable bonds is 3. The minimum atomic E-state index is 0.163. The van der Waals surface area contributed by atoms with Crippen LogP contribution in [-0.2, 0) is 4.79 Å². The summed E-state index contributed by atoms with van der Waals surface area (Å²) in [5.41, 5.74) is 0. The Morgan fingerprint density at radius 2 is 1.90 bits per heavy atom. The molecule has 1 heteroatoms. The van der Waals surface area contributed by atoms with E-state index in [1.165, 1.54) is 0 Å². The van der Waals surface area contributed by atoms with Crippen molar-refractivity contribution in [3.8, 4) is 0 Å². The van der Waals surface area contributed by atoms with Crippen LogP contribution in [0, 0.1) is 11.8 Å². The lowest BCUT2D eigenvalue weighted by molar-refractivity contribution is -0.121. The highest BCUT2D eigenvalue weighted by Gasteiger charge is 2.12. The second-order valence-corrected chi connectivity index (χ2v) is 2.78. The number of Topliss-reactive ketones (excluding diaryl/α,β-unsaturated/α-hetero) is 1. The van der Waals surface area contributed by atoms with E-state index in [-0.39, 0.29) is 11.7 Å². The molecule has 1 nitrogen and oxygen atoms in total. The van der Waals surface area contributed by atoms with Gasteiger partial charge in [0.15, 0.2) is 0 Å². The summed E-state index contributed by atoms with van der Waals surface area (Å²) in [7, 11) is 0. The van der Waals surface area contributed by atoms with Crippen LogP contribution < -0.4 is 0 Å². The molecule has 0 spiro atoms. The molecular formula is C9H16O. The zero-order chi connectivity index (χ0) is 8.15. The third-order valence-electron chi connectivity index (χ3n) is 1.93. The molecule has 2 atom stereocenters. The number of carbonyl (C=O) groups excluding carboxylic acids is 1. The molecule has 0 radical (unpaired) electrons. The Hall–Kier alpha value is -0.590. The summed E-state index contributed by atoms with van der Waals surface area (Å²) in [6.07, 6.45) is 4.05. The van der Waals surface area contributed by atoms with E-state index >= 15 is 0 Å². The highest BCUT2D eigenvalue weighted by molar-refractivity contribution is 5.78. The van der Waals surface area contributed by atoms with Crippen LogP contribution in [0.1, 0.15) is 27.7 Å². The monoisotopic (exact) mass is 140 g/mol. The molecule has 10 heavy (non-hydrogen) atoms. The molecule has 0 aromatic heterocycles. The molecule has 0 bridgehead atoms. The first kappa shape index (κ1) is 9.41. The van der Waals surface area contributed by atoms with Crippen molar-refractivity contribution in [1.29, 1.82) is 0 Å². The predicted octanol–water partition coefficient (Wildman–Crippen LogP) is 2.42. The van der Waals surface area contributed by atoms with E-state index in [0.717, 1.165) is 0 Å². The van der Waals surface area contributed by atoms with Crippen molar-refractivity contribution in [1.82, 2.24) is 0 Å². The van der Waals surface area contributed by atoms with Crippen LogP contribution in [0.2, 0.25) is 0 Å². The maximum Gasteiger partial charge on any atom is 0.133 e. The van der Waals surface area contributed by atoms with Crippen LogP contribution in [-0.4, -0.2) is 5.78 Å². The molecule has 2 unspecified atom stereocenters. The lowest BCUT2D eigenvalue weighted by atomic mass is 9.92. The zero-order valence-corrected chi connectivity index (χ0v) is 7.22. The fourth-order valence-electron chi connectivity index (χ4n) is 0.840. The van der Waals surface area contributed by atoms with Gasteiger partial charge in [0.25, 0.3) is 0 Å². The smallest absolute Gasteiger partial charge is 0.133 e. The summed E-state index contributed by atoms with van der Waals surface area (Å²) in [5.74, 6) is 0.810. The van der Waals surface area contributed by atoms with Crippen LogP contribution in [0.5, 0.6) is 0 Å². The van der Waals surface area contributed by atoms with Crippen molar-refractivity contribution >= 4 is 5.78 Å². The molecule has 0 aromatic carbocycles. The van der Waals surface area contributed by atoms with E-state index in [4.69, 9.17) is 0 Å². The highest BCUT2D eigenvalue weighted by Crippen LogP contribution is 2.12. The lowest BCUT2D eigenvalue weighted by Crippen LogP contribution is -2.13. The zero-order valence-electron chi connectivity index (χ0n) is 7.22. The lowest BCUT2D eigenvalue weighted by Gasteiger charge is -2.11. The molecular weight excluding hydrogens is 124 g/mol. The summed E-state index contributed by atoms with van der Waals surface area (Å²) in [6, 6.07) is 0. The Labute approximate surface area is 63.1 Å². The van der Waals surface area contributed by atoms with Crippen LogP contribution >= 0.6 is 0 Å². The molecule has 58 valence electrons. The standard InChI is InChI=1S/C9H16O/c1-5-6-7(2)8(3)9(4)10/h5-8H,1-4H3/b6-5+. The molecule has 0 heterocycles. The number of hydrogen-bond donors (Lipinski definition) is 0. The van der Waals surface area contributed by atoms with Gasteiger partial charge in [-0.3, -0.25) is 4.79 Å². The first-order valence-corrected chi connectivity index (χ1v) is 3.72. The van der Waals surface area contributed by atoms with Crippen molar-refractivity contribution < 1.29 is 4.79 Å².